The first-order chi connectivity index (χ1) is 19.6. The van der Waals surface area contributed by atoms with E-state index >= 15 is 0 Å². The van der Waals surface area contributed by atoms with Crippen molar-refractivity contribution in [3.05, 3.63) is 71.8 Å². The predicted molar refractivity (Wildman–Crippen MR) is 157 cm³/mol. The second-order valence-electron chi connectivity index (χ2n) is 12.2. The van der Waals surface area contributed by atoms with E-state index in [9.17, 15) is 9.59 Å². The molecule has 0 unspecified atom stereocenters. The second-order valence-corrected chi connectivity index (χ2v) is 12.2. The van der Waals surface area contributed by atoms with Crippen molar-refractivity contribution in [2.75, 3.05) is 20.2 Å². The van der Waals surface area contributed by atoms with Gasteiger partial charge in [0, 0.05) is 31.1 Å². The summed E-state index contributed by atoms with van der Waals surface area (Å²) < 4.78 is 4.93. The van der Waals surface area contributed by atoms with E-state index in [2.05, 4.69) is 75.9 Å². The van der Waals surface area contributed by atoms with Gasteiger partial charge in [0.05, 0.1) is 13.0 Å². The maximum absolute atomic E-state index is 11.8. The summed E-state index contributed by atoms with van der Waals surface area (Å²) in [6, 6.07) is 22.4. The molecule has 4 aliphatic rings. The van der Waals surface area contributed by atoms with Gasteiger partial charge in [0.1, 0.15) is 0 Å². The molecule has 7 nitrogen and oxygen atoms in total. The van der Waals surface area contributed by atoms with Crippen LogP contribution in [0, 0.1) is 23.7 Å². The maximum Gasteiger partial charge on any atom is 0.308 e. The fourth-order valence-electron chi connectivity index (χ4n) is 6.80. The molecule has 2 saturated heterocycles. The van der Waals surface area contributed by atoms with Gasteiger partial charge >= 0.3 is 5.97 Å². The third-order valence-electron chi connectivity index (χ3n) is 9.36. The third kappa shape index (κ3) is 7.71. The molecule has 2 aliphatic carbocycles. The standard InChI is InChI=1S/C17H23NO2.C16H23N3O/c1-20-17(19)15-9-10-18(16(11-15)14-7-8-14)12-13-5-3-2-4-6-13;17-18-16(20)14-8-9-19(15(10-14)13-6-7-13)11-12-4-2-1-3-5-12/h2-6,14-16H,7-12H2,1H3;1-5,13-15H,6-11,17H2,(H,18,20)/t15-,16-;14-,15-/m11/s1. The number of esters is 1. The molecule has 0 radical (unpaired) electrons. The van der Waals surface area contributed by atoms with Gasteiger partial charge in [-0.1, -0.05) is 60.7 Å². The van der Waals surface area contributed by atoms with E-state index < -0.39 is 0 Å². The van der Waals surface area contributed by atoms with Gasteiger partial charge in [-0.3, -0.25) is 24.8 Å². The molecule has 2 aromatic carbocycles. The number of nitrogens with two attached hydrogens (primary N) is 1. The molecule has 3 N–H and O–H groups in total. The minimum absolute atomic E-state index is 0.00927. The minimum Gasteiger partial charge on any atom is -0.469 e. The van der Waals surface area contributed by atoms with Crippen LogP contribution in [0.2, 0.25) is 0 Å². The van der Waals surface area contributed by atoms with E-state index in [1.807, 2.05) is 0 Å². The van der Waals surface area contributed by atoms with Gasteiger partial charge in [-0.15, -0.1) is 0 Å². The Balaban J connectivity index is 0.000000161. The lowest BCUT2D eigenvalue weighted by molar-refractivity contribution is -0.148. The van der Waals surface area contributed by atoms with Crippen molar-refractivity contribution in [1.29, 1.82) is 0 Å². The number of rotatable bonds is 8. The molecule has 0 bridgehead atoms. The number of carbonyl (C=O) groups is 2. The largest absolute Gasteiger partial charge is 0.469 e. The molecule has 2 heterocycles. The van der Waals surface area contributed by atoms with E-state index in [4.69, 9.17) is 10.6 Å². The fourth-order valence-corrected chi connectivity index (χ4v) is 6.80. The summed E-state index contributed by atoms with van der Waals surface area (Å²) in [4.78, 5) is 28.7. The summed E-state index contributed by atoms with van der Waals surface area (Å²) in [7, 11) is 1.50. The summed E-state index contributed by atoms with van der Waals surface area (Å²) in [5.74, 6) is 7.06. The van der Waals surface area contributed by atoms with Crippen LogP contribution in [0.1, 0.15) is 62.5 Å². The number of hydrogen-bond acceptors (Lipinski definition) is 6. The van der Waals surface area contributed by atoms with E-state index in [1.165, 1.54) is 43.9 Å². The average Bonchev–Trinajstić information content (AvgIpc) is 3.92. The number of amides is 1. The Morgan fingerprint density at radius 3 is 1.62 bits per heavy atom. The summed E-state index contributed by atoms with van der Waals surface area (Å²) in [5.41, 5.74) is 5.05. The Kier molecular flexibility index (Phi) is 9.89. The van der Waals surface area contributed by atoms with Crippen molar-refractivity contribution in [2.24, 2.45) is 29.5 Å². The lowest BCUT2D eigenvalue weighted by Crippen LogP contribution is -2.48. The van der Waals surface area contributed by atoms with Crippen molar-refractivity contribution < 1.29 is 14.3 Å². The van der Waals surface area contributed by atoms with Gasteiger partial charge in [0.25, 0.3) is 0 Å². The monoisotopic (exact) mass is 546 g/mol. The predicted octanol–water partition coefficient (Wildman–Crippen LogP) is 4.52. The molecule has 7 heteroatoms. The molecule has 2 aliphatic heterocycles. The number of carbonyl (C=O) groups excluding carboxylic acids is 2. The lowest BCUT2D eigenvalue weighted by atomic mass is 9.87. The van der Waals surface area contributed by atoms with Gasteiger partial charge in [-0.05, 0) is 87.4 Å². The first kappa shape index (κ1) is 28.8. The van der Waals surface area contributed by atoms with Gasteiger partial charge < -0.3 is 4.74 Å². The molecular formula is C33H46N4O3. The summed E-state index contributed by atoms with van der Waals surface area (Å²) in [5, 5.41) is 0. The summed E-state index contributed by atoms with van der Waals surface area (Å²) >= 11 is 0. The highest BCUT2D eigenvalue weighted by Crippen LogP contribution is 2.42. The quantitative estimate of drug-likeness (QED) is 0.219. The highest BCUT2D eigenvalue weighted by molar-refractivity contribution is 5.78. The molecule has 2 saturated carbocycles. The Labute approximate surface area is 239 Å². The van der Waals surface area contributed by atoms with Gasteiger partial charge in [0.2, 0.25) is 5.91 Å². The van der Waals surface area contributed by atoms with Crippen LogP contribution in [0.3, 0.4) is 0 Å². The minimum atomic E-state index is -0.0185. The molecule has 0 spiro atoms. The number of methoxy groups -OCH3 is 1. The van der Waals surface area contributed by atoms with E-state index in [1.54, 1.807) is 0 Å². The maximum atomic E-state index is 11.8. The number of ether oxygens (including phenoxy) is 1. The summed E-state index contributed by atoms with van der Waals surface area (Å²) in [6.07, 6.45) is 9.06. The number of piperidine rings is 2. The number of likely N-dealkylation sites (tertiary alicyclic amines) is 2. The molecule has 4 fully saturated rings. The van der Waals surface area contributed by atoms with Crippen molar-refractivity contribution >= 4 is 11.9 Å². The van der Waals surface area contributed by atoms with Crippen LogP contribution in [0.25, 0.3) is 0 Å². The van der Waals surface area contributed by atoms with Crippen molar-refractivity contribution in [2.45, 2.75) is 76.5 Å². The first-order valence-electron chi connectivity index (χ1n) is 15.2. The molecule has 40 heavy (non-hydrogen) atoms. The Morgan fingerprint density at radius 2 is 1.20 bits per heavy atom. The first-order valence-corrected chi connectivity index (χ1v) is 15.2. The number of hydrogen-bond donors (Lipinski definition) is 2. The molecule has 6 rings (SSSR count). The average molecular weight is 547 g/mol. The number of hydrazine groups is 1. The van der Waals surface area contributed by atoms with Crippen LogP contribution in [0.5, 0.6) is 0 Å². The topological polar surface area (TPSA) is 87.9 Å². The van der Waals surface area contributed by atoms with Gasteiger partial charge in [0.15, 0.2) is 0 Å². The van der Waals surface area contributed by atoms with Gasteiger partial charge in [-0.2, -0.15) is 0 Å². The van der Waals surface area contributed by atoms with Crippen LogP contribution in [-0.2, 0) is 27.4 Å². The van der Waals surface area contributed by atoms with Crippen molar-refractivity contribution in [1.82, 2.24) is 15.2 Å². The van der Waals surface area contributed by atoms with E-state index in [0.717, 1.165) is 63.7 Å². The lowest BCUT2D eigenvalue weighted by Gasteiger charge is -2.39. The van der Waals surface area contributed by atoms with Crippen LogP contribution in [0.4, 0.5) is 0 Å². The van der Waals surface area contributed by atoms with Crippen LogP contribution in [-0.4, -0.2) is 54.0 Å². The van der Waals surface area contributed by atoms with Crippen molar-refractivity contribution in [3.63, 3.8) is 0 Å². The molecular weight excluding hydrogens is 500 g/mol. The molecule has 216 valence electrons. The van der Waals surface area contributed by atoms with Gasteiger partial charge in [-0.25, -0.2) is 5.84 Å². The SMILES string of the molecule is COC(=O)[C@@H]1CCN(Cc2ccccc2)[C@@H](C2CC2)C1.NNC(=O)[C@@H]1CCN(Cc2ccccc2)[C@@H](C2CC2)C1. The van der Waals surface area contributed by atoms with Crippen LogP contribution in [0.15, 0.2) is 60.7 Å². The zero-order valence-electron chi connectivity index (χ0n) is 23.9. The Hall–Kier alpha value is -2.74. The molecule has 2 aromatic rings. The normalized spacial score (nSPS) is 27.2. The number of nitrogens with one attached hydrogen (secondary N) is 1. The molecule has 1 amide bonds. The number of nitrogens with zero attached hydrogens (tertiary/aromatic N) is 2. The molecule has 4 atom stereocenters. The number of benzene rings is 2. The fraction of sp³-hybridized carbons (Fsp3) is 0.576. The third-order valence-corrected chi connectivity index (χ3v) is 9.36. The zero-order valence-corrected chi connectivity index (χ0v) is 23.9. The molecule has 0 aromatic heterocycles. The van der Waals surface area contributed by atoms with E-state index in [-0.39, 0.29) is 23.7 Å². The van der Waals surface area contributed by atoms with E-state index in [0.29, 0.717) is 12.1 Å². The second kappa shape index (κ2) is 13.7. The van der Waals surface area contributed by atoms with Crippen LogP contribution < -0.4 is 11.3 Å². The van der Waals surface area contributed by atoms with Crippen LogP contribution >= 0.6 is 0 Å². The van der Waals surface area contributed by atoms with Crippen molar-refractivity contribution in [3.8, 4) is 0 Å². The zero-order chi connectivity index (χ0) is 27.9. The Morgan fingerprint density at radius 1 is 0.750 bits per heavy atom. The summed E-state index contributed by atoms with van der Waals surface area (Å²) in [6.45, 7) is 4.01. The highest BCUT2D eigenvalue weighted by Gasteiger charge is 2.42. The Bertz CT molecular complexity index is 1000. The smallest absolute Gasteiger partial charge is 0.308 e. The highest BCUT2D eigenvalue weighted by atomic mass is 16.5.